The van der Waals surface area contributed by atoms with Gasteiger partial charge in [-0.2, -0.15) is 5.10 Å². The maximum Gasteiger partial charge on any atom is 0.240 e. The normalized spacial score (nSPS) is 27.9. The zero-order valence-corrected chi connectivity index (χ0v) is 14.9. The van der Waals surface area contributed by atoms with Crippen molar-refractivity contribution in [2.24, 2.45) is 16.9 Å². The number of hydrazone groups is 1. The molecule has 0 N–H and O–H groups in total. The van der Waals surface area contributed by atoms with Crippen LogP contribution in [-0.2, 0) is 9.59 Å². The van der Waals surface area contributed by atoms with Crippen molar-refractivity contribution in [2.75, 3.05) is 4.90 Å². The lowest BCUT2D eigenvalue weighted by Gasteiger charge is -2.30. The minimum absolute atomic E-state index is 0.193. The van der Waals surface area contributed by atoms with E-state index in [-0.39, 0.29) is 17.6 Å². The van der Waals surface area contributed by atoms with Gasteiger partial charge in [-0.3, -0.25) is 19.4 Å². The van der Waals surface area contributed by atoms with Crippen LogP contribution in [0.4, 0.5) is 5.69 Å². The van der Waals surface area contributed by atoms with Crippen LogP contribution in [0.1, 0.15) is 10.4 Å². The van der Waals surface area contributed by atoms with Crippen LogP contribution in [0, 0.1) is 11.8 Å². The minimum atomic E-state index is -0.802. The Kier molecular flexibility index (Phi) is 3.72. The number of carbonyl (C=O) groups excluding carboxylic acids is 3. The number of benzene rings is 2. The average molecular weight is 371 g/mol. The number of Topliss-reactive ketones (excluding diaryl/α,β-unsaturated/α-hetero) is 1. The van der Waals surface area contributed by atoms with Gasteiger partial charge in [-0.15, -0.1) is 0 Å². The Hall–Kier alpha value is -3.54. The summed E-state index contributed by atoms with van der Waals surface area (Å²) >= 11 is 0. The Morgan fingerprint density at radius 1 is 0.857 bits per heavy atom. The number of hydrogen-bond donors (Lipinski definition) is 0. The van der Waals surface area contributed by atoms with E-state index in [1.807, 2.05) is 18.2 Å². The van der Waals surface area contributed by atoms with Crippen LogP contribution in [0.2, 0.25) is 0 Å². The van der Waals surface area contributed by atoms with Crippen LogP contribution in [0.15, 0.2) is 77.9 Å². The van der Waals surface area contributed by atoms with Crippen molar-refractivity contribution in [1.82, 2.24) is 5.01 Å². The van der Waals surface area contributed by atoms with Gasteiger partial charge in [0.2, 0.25) is 11.8 Å². The van der Waals surface area contributed by atoms with E-state index in [0.717, 1.165) is 0 Å². The molecule has 2 amide bonds. The fourth-order valence-electron chi connectivity index (χ4n) is 4.44. The third-order valence-corrected chi connectivity index (χ3v) is 5.63. The first-order valence-electron chi connectivity index (χ1n) is 9.20. The topological polar surface area (TPSA) is 70.0 Å². The second-order valence-corrected chi connectivity index (χ2v) is 7.09. The second kappa shape index (κ2) is 6.27. The fourth-order valence-corrected chi connectivity index (χ4v) is 4.44. The van der Waals surface area contributed by atoms with Gasteiger partial charge in [-0.1, -0.05) is 54.6 Å². The zero-order valence-electron chi connectivity index (χ0n) is 14.9. The summed E-state index contributed by atoms with van der Waals surface area (Å²) in [6.45, 7) is 0. The third kappa shape index (κ3) is 2.27. The SMILES string of the molecule is O=C(c1ccccc1)[C@H]1[C@@H]2C(=O)N(c3ccccc3)C(=O)[C@@H]2[C@H]2C=CC=NN21. The molecule has 0 saturated carbocycles. The molecule has 3 aliphatic heterocycles. The number of nitrogens with zero attached hydrogens (tertiary/aromatic N) is 3. The van der Waals surface area contributed by atoms with Crippen LogP contribution in [0.5, 0.6) is 0 Å². The van der Waals surface area contributed by atoms with E-state index < -0.39 is 23.9 Å². The standard InChI is InChI=1S/C22H17N3O3/c26-20(14-8-3-1-4-9-14)19-18-17(16-12-7-13-23-25(16)19)21(27)24(22(18)28)15-10-5-2-6-11-15/h1-13,16-19H/t16-,17-,18-,19-/m1/s1. The molecule has 0 unspecified atom stereocenters. The highest BCUT2D eigenvalue weighted by atomic mass is 16.2. The van der Waals surface area contributed by atoms with Crippen LogP contribution >= 0.6 is 0 Å². The number of amides is 2. The van der Waals surface area contributed by atoms with Crippen LogP contribution in [0.25, 0.3) is 0 Å². The molecule has 6 heteroatoms. The second-order valence-electron chi connectivity index (χ2n) is 7.09. The molecule has 5 rings (SSSR count). The highest BCUT2D eigenvalue weighted by Crippen LogP contribution is 2.46. The van der Waals surface area contributed by atoms with Gasteiger partial charge in [0.05, 0.1) is 23.6 Å². The molecular formula is C22H17N3O3. The molecule has 28 heavy (non-hydrogen) atoms. The third-order valence-electron chi connectivity index (χ3n) is 5.63. The summed E-state index contributed by atoms with van der Waals surface area (Å²) < 4.78 is 0. The Bertz CT molecular complexity index is 1020. The molecule has 2 aromatic rings. The maximum absolute atomic E-state index is 13.3. The number of carbonyl (C=O) groups is 3. The fraction of sp³-hybridized carbons (Fsp3) is 0.182. The summed E-state index contributed by atoms with van der Waals surface area (Å²) in [5.74, 6) is -2.19. The smallest absolute Gasteiger partial charge is 0.240 e. The number of ketones is 1. The van der Waals surface area contributed by atoms with Crippen molar-refractivity contribution in [3.05, 3.63) is 78.4 Å². The first-order chi connectivity index (χ1) is 13.7. The molecule has 0 aromatic heterocycles. The van der Waals surface area contributed by atoms with Crippen molar-refractivity contribution in [1.29, 1.82) is 0 Å². The molecule has 138 valence electrons. The van der Waals surface area contributed by atoms with Gasteiger partial charge in [0.15, 0.2) is 5.78 Å². The van der Waals surface area contributed by atoms with Crippen molar-refractivity contribution < 1.29 is 14.4 Å². The predicted octanol–water partition coefficient (Wildman–Crippen LogP) is 2.28. The maximum atomic E-state index is 13.3. The van der Waals surface area contributed by atoms with E-state index in [9.17, 15) is 14.4 Å². The summed E-state index contributed by atoms with van der Waals surface area (Å²) in [6, 6.07) is 16.5. The molecular weight excluding hydrogens is 354 g/mol. The monoisotopic (exact) mass is 371 g/mol. The summed E-state index contributed by atoms with van der Waals surface area (Å²) in [4.78, 5) is 41.1. The van der Waals surface area contributed by atoms with E-state index in [2.05, 4.69) is 5.10 Å². The minimum Gasteiger partial charge on any atom is -0.292 e. The van der Waals surface area contributed by atoms with Gasteiger partial charge < -0.3 is 0 Å². The van der Waals surface area contributed by atoms with E-state index in [4.69, 9.17) is 0 Å². The first kappa shape index (κ1) is 16.6. The van der Waals surface area contributed by atoms with E-state index >= 15 is 0 Å². The predicted molar refractivity (Wildman–Crippen MR) is 104 cm³/mol. The summed E-state index contributed by atoms with van der Waals surface area (Å²) in [5.41, 5.74) is 1.04. The zero-order chi connectivity index (χ0) is 19.3. The van der Waals surface area contributed by atoms with Crippen molar-refractivity contribution in [3.63, 3.8) is 0 Å². The molecule has 2 aromatic carbocycles. The Balaban J connectivity index is 1.60. The van der Waals surface area contributed by atoms with Crippen LogP contribution < -0.4 is 4.90 Å². The molecule has 4 atom stereocenters. The number of fused-ring (bicyclic) bond motifs is 3. The quantitative estimate of drug-likeness (QED) is 0.613. The summed E-state index contributed by atoms with van der Waals surface area (Å²) in [6.07, 6.45) is 5.20. The van der Waals surface area contributed by atoms with E-state index in [1.165, 1.54) is 4.90 Å². The molecule has 2 saturated heterocycles. The van der Waals surface area contributed by atoms with E-state index in [0.29, 0.717) is 11.3 Å². The van der Waals surface area contributed by atoms with Crippen LogP contribution in [0.3, 0.4) is 0 Å². The van der Waals surface area contributed by atoms with E-state index in [1.54, 1.807) is 65.8 Å². The highest BCUT2D eigenvalue weighted by molar-refractivity contribution is 6.24. The number of rotatable bonds is 3. The largest absolute Gasteiger partial charge is 0.292 e. The van der Waals surface area contributed by atoms with Gasteiger partial charge in [0, 0.05) is 11.8 Å². The summed E-state index contributed by atoms with van der Waals surface area (Å²) in [7, 11) is 0. The number of allylic oxidation sites excluding steroid dienone is 1. The number of anilines is 1. The lowest BCUT2D eigenvalue weighted by molar-refractivity contribution is -0.123. The Morgan fingerprint density at radius 2 is 1.50 bits per heavy atom. The molecule has 0 bridgehead atoms. The number of imide groups is 1. The van der Waals surface area contributed by atoms with Gasteiger partial charge >= 0.3 is 0 Å². The molecule has 3 aliphatic rings. The van der Waals surface area contributed by atoms with Crippen molar-refractivity contribution >= 4 is 29.5 Å². The van der Waals surface area contributed by atoms with Crippen molar-refractivity contribution in [3.8, 4) is 0 Å². The molecule has 0 aliphatic carbocycles. The highest BCUT2D eigenvalue weighted by Gasteiger charge is 2.64. The van der Waals surface area contributed by atoms with Gasteiger partial charge in [-0.05, 0) is 18.2 Å². The number of hydrogen-bond acceptors (Lipinski definition) is 5. The first-order valence-corrected chi connectivity index (χ1v) is 9.20. The lowest BCUT2D eigenvalue weighted by Crippen LogP contribution is -2.46. The molecule has 0 spiro atoms. The van der Waals surface area contributed by atoms with Crippen molar-refractivity contribution in [2.45, 2.75) is 12.1 Å². The van der Waals surface area contributed by atoms with Gasteiger partial charge in [-0.25, -0.2) is 4.90 Å². The molecule has 2 fully saturated rings. The molecule has 6 nitrogen and oxygen atoms in total. The Labute approximate surface area is 161 Å². The summed E-state index contributed by atoms with van der Waals surface area (Å²) in [5, 5.41) is 5.97. The Morgan fingerprint density at radius 3 is 2.21 bits per heavy atom. The van der Waals surface area contributed by atoms with Gasteiger partial charge in [0.25, 0.3) is 0 Å². The average Bonchev–Trinajstić information content (AvgIpc) is 3.22. The molecule has 0 radical (unpaired) electrons. The van der Waals surface area contributed by atoms with Gasteiger partial charge in [0.1, 0.15) is 6.04 Å². The lowest BCUT2D eigenvalue weighted by atomic mass is 9.86. The molecule has 3 heterocycles. The van der Waals surface area contributed by atoms with Crippen LogP contribution in [-0.4, -0.2) is 40.9 Å². The number of para-hydroxylation sites is 1.